The third kappa shape index (κ3) is 4.66. The lowest BCUT2D eigenvalue weighted by Crippen LogP contribution is -2.45. The van der Waals surface area contributed by atoms with Gasteiger partial charge in [0.2, 0.25) is 0 Å². The summed E-state index contributed by atoms with van der Waals surface area (Å²) < 4.78 is 11.5. The number of hydrogen-bond donors (Lipinski definition) is 2. The number of benzene rings is 1. The maximum Gasteiger partial charge on any atom is 0.191 e. The molecule has 29 heavy (non-hydrogen) atoms. The number of aromatic nitrogens is 1. The van der Waals surface area contributed by atoms with Crippen LogP contribution >= 0.6 is 11.3 Å². The van der Waals surface area contributed by atoms with Crippen LogP contribution in [-0.4, -0.2) is 44.3 Å². The van der Waals surface area contributed by atoms with Crippen molar-refractivity contribution in [3.05, 3.63) is 39.8 Å². The minimum Gasteiger partial charge on any atom is -0.486 e. The van der Waals surface area contributed by atoms with Gasteiger partial charge in [0.05, 0.1) is 10.7 Å². The minimum absolute atomic E-state index is 0.111. The molecule has 1 fully saturated rings. The molecule has 0 unspecified atom stereocenters. The van der Waals surface area contributed by atoms with Gasteiger partial charge in [0.25, 0.3) is 0 Å². The molecular weight excluding hydrogens is 384 g/mol. The van der Waals surface area contributed by atoms with Crippen LogP contribution < -0.4 is 20.1 Å². The van der Waals surface area contributed by atoms with Crippen molar-refractivity contribution in [2.75, 3.05) is 33.4 Å². The molecule has 2 aromatic rings. The van der Waals surface area contributed by atoms with Gasteiger partial charge in [0.1, 0.15) is 13.2 Å². The molecule has 0 saturated heterocycles. The first-order valence-corrected chi connectivity index (χ1v) is 11.3. The molecule has 6 nitrogen and oxygen atoms in total. The van der Waals surface area contributed by atoms with Crippen LogP contribution in [0.5, 0.6) is 11.5 Å². The minimum atomic E-state index is 0.111. The third-order valence-electron chi connectivity index (χ3n) is 5.87. The molecule has 1 aromatic carbocycles. The van der Waals surface area contributed by atoms with Crippen molar-refractivity contribution in [1.82, 2.24) is 15.6 Å². The van der Waals surface area contributed by atoms with Crippen LogP contribution in [0.4, 0.5) is 0 Å². The first kappa shape index (κ1) is 20.0. The first-order valence-electron chi connectivity index (χ1n) is 10.4. The van der Waals surface area contributed by atoms with Crippen LogP contribution in [0, 0.1) is 6.92 Å². The Kier molecular flexibility index (Phi) is 6.23. The monoisotopic (exact) mass is 414 g/mol. The van der Waals surface area contributed by atoms with Gasteiger partial charge in [-0.1, -0.05) is 18.9 Å². The highest BCUT2D eigenvalue weighted by Gasteiger charge is 2.36. The summed E-state index contributed by atoms with van der Waals surface area (Å²) in [6, 6.07) is 6.45. The van der Waals surface area contributed by atoms with Crippen molar-refractivity contribution >= 4 is 17.3 Å². The molecule has 2 N–H and O–H groups in total. The van der Waals surface area contributed by atoms with Crippen molar-refractivity contribution in [2.45, 2.75) is 44.4 Å². The summed E-state index contributed by atoms with van der Waals surface area (Å²) in [5.74, 6) is 2.58. The van der Waals surface area contributed by atoms with Crippen LogP contribution in [0.2, 0.25) is 0 Å². The second-order valence-electron chi connectivity index (χ2n) is 7.81. The average molecular weight is 415 g/mol. The number of rotatable bonds is 6. The highest BCUT2D eigenvalue weighted by Crippen LogP contribution is 2.43. The van der Waals surface area contributed by atoms with E-state index in [1.54, 1.807) is 11.3 Å². The van der Waals surface area contributed by atoms with E-state index in [0.717, 1.165) is 47.7 Å². The molecule has 0 bridgehead atoms. The number of aryl methyl sites for hydroxylation is 1. The Morgan fingerprint density at radius 2 is 1.97 bits per heavy atom. The van der Waals surface area contributed by atoms with Crippen molar-refractivity contribution in [3.8, 4) is 11.5 Å². The lowest BCUT2D eigenvalue weighted by atomic mass is 9.78. The summed E-state index contributed by atoms with van der Waals surface area (Å²) in [6.07, 6.45) is 5.76. The van der Waals surface area contributed by atoms with E-state index in [1.807, 2.05) is 14.0 Å². The highest BCUT2D eigenvalue weighted by atomic mass is 32.1. The number of fused-ring (bicyclic) bond motifs is 1. The van der Waals surface area contributed by atoms with Crippen LogP contribution in [-0.2, 0) is 11.8 Å². The predicted molar refractivity (Wildman–Crippen MR) is 117 cm³/mol. The molecule has 0 atom stereocenters. The van der Waals surface area contributed by atoms with E-state index in [4.69, 9.17) is 9.47 Å². The summed E-state index contributed by atoms with van der Waals surface area (Å²) in [5.41, 5.74) is 2.58. The average Bonchev–Trinajstić information content (AvgIpc) is 3.40. The van der Waals surface area contributed by atoms with Crippen LogP contribution in [0.15, 0.2) is 28.6 Å². The fourth-order valence-electron chi connectivity index (χ4n) is 4.30. The van der Waals surface area contributed by atoms with Gasteiger partial charge in [-0.3, -0.25) is 4.99 Å². The first-order chi connectivity index (χ1) is 14.2. The standard InChI is InChI=1S/C22H30N4O2S/c1-16-26-18(14-29-16)7-10-24-21(23-2)25-15-22(8-3-4-9-22)17-5-6-19-20(13-17)28-12-11-27-19/h5-6,13-14H,3-4,7-12,15H2,1-2H3,(H2,23,24,25). The van der Waals surface area contributed by atoms with Gasteiger partial charge in [-0.25, -0.2) is 4.98 Å². The van der Waals surface area contributed by atoms with Crippen molar-refractivity contribution in [1.29, 1.82) is 0 Å². The SMILES string of the molecule is CN=C(NCCc1csc(C)n1)NCC1(c2ccc3c(c2)OCCO3)CCCC1. The topological polar surface area (TPSA) is 67.8 Å². The Labute approximate surface area is 176 Å². The summed E-state index contributed by atoms with van der Waals surface area (Å²) in [7, 11) is 1.83. The van der Waals surface area contributed by atoms with Crippen molar-refractivity contribution in [2.24, 2.45) is 4.99 Å². The summed E-state index contributed by atoms with van der Waals surface area (Å²) in [6.45, 7) is 4.97. The van der Waals surface area contributed by atoms with E-state index in [1.165, 1.54) is 31.2 Å². The molecule has 156 valence electrons. The van der Waals surface area contributed by atoms with Gasteiger partial charge >= 0.3 is 0 Å². The highest BCUT2D eigenvalue weighted by molar-refractivity contribution is 7.09. The number of aliphatic imine (C=N–C) groups is 1. The smallest absolute Gasteiger partial charge is 0.191 e. The Balaban J connectivity index is 1.38. The fraction of sp³-hybridized carbons (Fsp3) is 0.545. The van der Waals surface area contributed by atoms with E-state index in [-0.39, 0.29) is 5.41 Å². The lowest BCUT2D eigenvalue weighted by molar-refractivity contribution is 0.171. The van der Waals surface area contributed by atoms with E-state index in [0.29, 0.717) is 13.2 Å². The Morgan fingerprint density at radius 1 is 1.17 bits per heavy atom. The van der Waals surface area contributed by atoms with Crippen LogP contribution in [0.25, 0.3) is 0 Å². The Morgan fingerprint density at radius 3 is 2.69 bits per heavy atom. The van der Waals surface area contributed by atoms with Gasteiger partial charge < -0.3 is 20.1 Å². The van der Waals surface area contributed by atoms with Crippen molar-refractivity contribution in [3.63, 3.8) is 0 Å². The van der Waals surface area contributed by atoms with Gasteiger partial charge in [-0.15, -0.1) is 11.3 Å². The second kappa shape index (κ2) is 9.03. The molecule has 1 aliphatic heterocycles. The van der Waals surface area contributed by atoms with Crippen LogP contribution in [0.3, 0.4) is 0 Å². The Hall–Kier alpha value is -2.28. The molecule has 1 saturated carbocycles. The van der Waals surface area contributed by atoms with Gasteiger partial charge in [0, 0.05) is 37.4 Å². The second-order valence-corrected chi connectivity index (χ2v) is 8.87. The van der Waals surface area contributed by atoms with E-state index < -0.39 is 0 Å². The summed E-state index contributed by atoms with van der Waals surface area (Å²) in [4.78, 5) is 8.94. The quantitative estimate of drug-likeness (QED) is 0.560. The van der Waals surface area contributed by atoms with E-state index in [9.17, 15) is 0 Å². The van der Waals surface area contributed by atoms with Crippen molar-refractivity contribution < 1.29 is 9.47 Å². The molecule has 1 aliphatic carbocycles. The normalized spacial score (nSPS) is 17.9. The van der Waals surface area contributed by atoms with E-state index >= 15 is 0 Å². The van der Waals surface area contributed by atoms with Crippen LogP contribution in [0.1, 0.15) is 41.9 Å². The molecule has 2 aliphatic rings. The molecule has 0 radical (unpaired) electrons. The number of ether oxygens (including phenoxy) is 2. The maximum atomic E-state index is 5.83. The van der Waals surface area contributed by atoms with Gasteiger partial charge in [0.15, 0.2) is 17.5 Å². The Bertz CT molecular complexity index is 858. The zero-order valence-corrected chi connectivity index (χ0v) is 18.1. The lowest BCUT2D eigenvalue weighted by Gasteiger charge is -2.32. The summed E-state index contributed by atoms with van der Waals surface area (Å²) in [5, 5.41) is 10.2. The fourth-order valence-corrected chi connectivity index (χ4v) is 4.95. The molecule has 1 aromatic heterocycles. The number of hydrogen-bond acceptors (Lipinski definition) is 5. The molecule has 4 rings (SSSR count). The largest absolute Gasteiger partial charge is 0.486 e. The van der Waals surface area contributed by atoms with Gasteiger partial charge in [-0.2, -0.15) is 0 Å². The maximum absolute atomic E-state index is 5.83. The third-order valence-corrected chi connectivity index (χ3v) is 6.70. The number of nitrogens with zero attached hydrogens (tertiary/aromatic N) is 2. The number of nitrogens with one attached hydrogen (secondary N) is 2. The predicted octanol–water partition coefficient (Wildman–Crippen LogP) is 3.44. The molecular formula is C22H30N4O2S. The molecule has 0 amide bonds. The molecule has 2 heterocycles. The number of guanidine groups is 1. The van der Waals surface area contributed by atoms with E-state index in [2.05, 4.69) is 44.2 Å². The zero-order chi connectivity index (χ0) is 20.1. The zero-order valence-electron chi connectivity index (χ0n) is 17.3. The summed E-state index contributed by atoms with van der Waals surface area (Å²) >= 11 is 1.70. The van der Waals surface area contributed by atoms with Gasteiger partial charge in [-0.05, 0) is 37.5 Å². The molecule has 7 heteroatoms. The number of thiazole rings is 1. The molecule has 0 spiro atoms.